The molecule has 0 aromatic carbocycles. The number of carbonyl (C=O) groups is 1. The van der Waals surface area contributed by atoms with E-state index in [4.69, 9.17) is 5.53 Å². The van der Waals surface area contributed by atoms with E-state index < -0.39 is 5.54 Å². The summed E-state index contributed by atoms with van der Waals surface area (Å²) in [6, 6.07) is 0. The Bertz CT molecular complexity index is 295. The van der Waals surface area contributed by atoms with Gasteiger partial charge in [-0.05, 0) is 19.4 Å². The zero-order valence-electron chi connectivity index (χ0n) is 9.47. The molecule has 0 saturated carbocycles. The van der Waals surface area contributed by atoms with Crippen LogP contribution in [0.1, 0.15) is 13.8 Å². The molecular weight excluding hydrogens is 194 g/mol. The van der Waals surface area contributed by atoms with Crippen LogP contribution >= 0.6 is 0 Å². The summed E-state index contributed by atoms with van der Waals surface area (Å²) in [4.78, 5) is 18.4. The zero-order valence-corrected chi connectivity index (χ0v) is 9.47. The lowest BCUT2D eigenvalue weighted by Gasteiger charge is -2.44. The molecule has 0 aliphatic carbocycles. The summed E-state index contributed by atoms with van der Waals surface area (Å²) in [6.45, 7) is 6.42. The van der Waals surface area contributed by atoms with Gasteiger partial charge >= 0.3 is 0 Å². The van der Waals surface area contributed by atoms with Crippen molar-refractivity contribution < 1.29 is 4.79 Å². The molecule has 1 fully saturated rings. The number of amides is 1. The summed E-state index contributed by atoms with van der Waals surface area (Å²) in [5.74, 6) is 0.120. The van der Waals surface area contributed by atoms with Gasteiger partial charge in [0.1, 0.15) is 0 Å². The fourth-order valence-corrected chi connectivity index (χ4v) is 1.86. The van der Waals surface area contributed by atoms with Crippen LogP contribution in [0.4, 0.5) is 0 Å². The van der Waals surface area contributed by atoms with Crippen LogP contribution in [0.25, 0.3) is 10.4 Å². The number of likely N-dealkylation sites (N-methyl/N-ethyl adjacent to an activating group) is 1. The molecule has 0 bridgehead atoms. The fourth-order valence-electron chi connectivity index (χ4n) is 1.86. The Morgan fingerprint density at radius 2 is 2.20 bits per heavy atom. The predicted molar refractivity (Wildman–Crippen MR) is 57.3 cm³/mol. The lowest BCUT2D eigenvalue weighted by molar-refractivity contribution is -0.146. The molecule has 0 radical (unpaired) electrons. The van der Waals surface area contributed by atoms with E-state index in [1.165, 1.54) is 0 Å². The molecular formula is C9H17N5O. The van der Waals surface area contributed by atoms with E-state index in [0.29, 0.717) is 13.1 Å². The first kappa shape index (κ1) is 11.8. The van der Waals surface area contributed by atoms with Crippen LogP contribution in [0.3, 0.4) is 0 Å². The highest BCUT2D eigenvalue weighted by Gasteiger charge is 2.39. The topological polar surface area (TPSA) is 72.3 Å². The fraction of sp³-hybridized carbons (Fsp3) is 0.889. The number of carbonyl (C=O) groups excluding carboxylic acids is 1. The first-order valence-electron chi connectivity index (χ1n) is 5.01. The summed E-state index contributed by atoms with van der Waals surface area (Å²) < 4.78 is 0. The Morgan fingerprint density at radius 1 is 1.53 bits per heavy atom. The molecule has 1 saturated heterocycles. The van der Waals surface area contributed by atoms with Crippen LogP contribution in [-0.2, 0) is 4.79 Å². The minimum Gasteiger partial charge on any atom is -0.343 e. The highest BCUT2D eigenvalue weighted by molar-refractivity contribution is 5.86. The minimum absolute atomic E-state index is 0.120. The van der Waals surface area contributed by atoms with E-state index in [0.717, 1.165) is 13.1 Å². The number of piperazine rings is 1. The third-order valence-corrected chi connectivity index (χ3v) is 2.90. The predicted octanol–water partition coefficient (Wildman–Crippen LogP) is 0.849. The summed E-state index contributed by atoms with van der Waals surface area (Å²) in [5.41, 5.74) is 7.70. The van der Waals surface area contributed by atoms with Crippen molar-refractivity contribution in [2.45, 2.75) is 19.4 Å². The van der Waals surface area contributed by atoms with Gasteiger partial charge in [-0.15, -0.1) is 0 Å². The highest BCUT2D eigenvalue weighted by atomic mass is 16.2. The molecule has 15 heavy (non-hydrogen) atoms. The third kappa shape index (κ3) is 2.40. The van der Waals surface area contributed by atoms with E-state index in [1.807, 2.05) is 20.9 Å². The molecule has 0 atom stereocenters. The largest absolute Gasteiger partial charge is 0.343 e. The molecule has 0 spiro atoms. The standard InChI is InChI=1S/C9H17N5O/c1-9(2)8(15)13(3)6-7-14(9)5-4-11-12-10/h4-7H2,1-3H3. The van der Waals surface area contributed by atoms with Gasteiger partial charge in [-0.25, -0.2) is 0 Å². The molecule has 84 valence electrons. The summed E-state index contributed by atoms with van der Waals surface area (Å²) in [6.07, 6.45) is 0. The zero-order chi connectivity index (χ0) is 11.5. The van der Waals surface area contributed by atoms with E-state index >= 15 is 0 Å². The smallest absolute Gasteiger partial charge is 0.242 e. The van der Waals surface area contributed by atoms with Crippen molar-refractivity contribution in [1.29, 1.82) is 0 Å². The van der Waals surface area contributed by atoms with Crippen molar-refractivity contribution in [3.8, 4) is 0 Å². The van der Waals surface area contributed by atoms with Gasteiger partial charge < -0.3 is 4.90 Å². The quantitative estimate of drug-likeness (QED) is 0.394. The maximum atomic E-state index is 11.9. The maximum absolute atomic E-state index is 11.9. The molecule has 1 aliphatic heterocycles. The Labute approximate surface area is 89.5 Å². The summed E-state index contributed by atoms with van der Waals surface area (Å²) in [5, 5.41) is 3.49. The normalized spacial score (nSPS) is 21.3. The van der Waals surface area contributed by atoms with Crippen LogP contribution in [0, 0.1) is 0 Å². The second-order valence-electron chi connectivity index (χ2n) is 4.23. The lowest BCUT2D eigenvalue weighted by atomic mass is 9.98. The summed E-state index contributed by atoms with van der Waals surface area (Å²) >= 11 is 0. The van der Waals surface area contributed by atoms with Gasteiger partial charge in [-0.2, -0.15) is 0 Å². The molecule has 1 aliphatic rings. The van der Waals surface area contributed by atoms with E-state index in [1.54, 1.807) is 4.90 Å². The number of rotatable bonds is 3. The van der Waals surface area contributed by atoms with E-state index in [2.05, 4.69) is 14.9 Å². The van der Waals surface area contributed by atoms with Crippen molar-refractivity contribution >= 4 is 5.91 Å². The van der Waals surface area contributed by atoms with E-state index in [9.17, 15) is 4.79 Å². The number of hydrogen-bond donors (Lipinski definition) is 0. The van der Waals surface area contributed by atoms with E-state index in [-0.39, 0.29) is 5.91 Å². The average molecular weight is 211 g/mol. The Balaban J connectivity index is 2.65. The number of hydrogen-bond acceptors (Lipinski definition) is 3. The molecule has 6 nitrogen and oxygen atoms in total. The molecule has 0 unspecified atom stereocenters. The molecule has 1 heterocycles. The molecule has 0 aromatic heterocycles. The monoisotopic (exact) mass is 211 g/mol. The van der Waals surface area contributed by atoms with Gasteiger partial charge in [-0.3, -0.25) is 9.69 Å². The molecule has 0 aromatic rings. The molecule has 1 amide bonds. The number of azide groups is 1. The van der Waals surface area contributed by atoms with Crippen LogP contribution in [0.15, 0.2) is 5.11 Å². The maximum Gasteiger partial charge on any atom is 0.242 e. The van der Waals surface area contributed by atoms with Crippen molar-refractivity contribution in [3.05, 3.63) is 10.4 Å². The van der Waals surface area contributed by atoms with Crippen LogP contribution in [0.5, 0.6) is 0 Å². The molecule has 6 heteroatoms. The minimum atomic E-state index is -0.488. The molecule has 0 N–H and O–H groups in total. The van der Waals surface area contributed by atoms with Crippen molar-refractivity contribution in [2.75, 3.05) is 33.2 Å². The SMILES string of the molecule is CN1CCN(CCN=[N+]=[N-])C(C)(C)C1=O. The van der Waals surface area contributed by atoms with Crippen molar-refractivity contribution in [1.82, 2.24) is 9.80 Å². The van der Waals surface area contributed by atoms with Crippen LogP contribution in [-0.4, -0.2) is 54.5 Å². The molecule has 1 rings (SSSR count). The van der Waals surface area contributed by atoms with Gasteiger partial charge in [0.05, 0.1) is 5.54 Å². The lowest BCUT2D eigenvalue weighted by Crippen LogP contribution is -2.62. The first-order chi connectivity index (χ1) is 7.00. The van der Waals surface area contributed by atoms with Crippen molar-refractivity contribution in [2.24, 2.45) is 5.11 Å². The Morgan fingerprint density at radius 3 is 2.80 bits per heavy atom. The first-order valence-corrected chi connectivity index (χ1v) is 5.01. The Kier molecular flexibility index (Phi) is 3.55. The summed E-state index contributed by atoms with van der Waals surface area (Å²) in [7, 11) is 1.81. The second kappa shape index (κ2) is 4.51. The third-order valence-electron chi connectivity index (χ3n) is 2.90. The van der Waals surface area contributed by atoms with Gasteiger partial charge in [0.2, 0.25) is 5.91 Å². The highest BCUT2D eigenvalue weighted by Crippen LogP contribution is 2.20. The van der Waals surface area contributed by atoms with Gasteiger partial charge in [0.25, 0.3) is 0 Å². The second-order valence-corrected chi connectivity index (χ2v) is 4.23. The number of nitrogens with zero attached hydrogens (tertiary/aromatic N) is 5. The van der Waals surface area contributed by atoms with Crippen LogP contribution in [0.2, 0.25) is 0 Å². The van der Waals surface area contributed by atoms with Crippen LogP contribution < -0.4 is 0 Å². The Hall–Kier alpha value is -1.26. The van der Waals surface area contributed by atoms with Gasteiger partial charge in [0, 0.05) is 38.1 Å². The average Bonchev–Trinajstić information content (AvgIpc) is 2.19. The van der Waals surface area contributed by atoms with Gasteiger partial charge in [-0.1, -0.05) is 5.11 Å². The van der Waals surface area contributed by atoms with Crippen molar-refractivity contribution in [3.63, 3.8) is 0 Å². The van der Waals surface area contributed by atoms with Gasteiger partial charge in [0.15, 0.2) is 0 Å².